The number of benzene rings is 1. The van der Waals surface area contributed by atoms with Crippen molar-refractivity contribution in [3.8, 4) is 18.2 Å². The van der Waals surface area contributed by atoms with Crippen molar-refractivity contribution in [1.82, 2.24) is 0 Å². The Morgan fingerprint density at radius 3 is 2.31 bits per heavy atom. The first kappa shape index (κ1) is 17.9. The molecule has 1 N–H and O–H groups in total. The fraction of sp³-hybridized carbons (Fsp3) is 0.478. The minimum absolute atomic E-state index is 0.0675. The molecule has 29 heavy (non-hydrogen) atoms. The zero-order valence-corrected chi connectivity index (χ0v) is 16.0. The van der Waals surface area contributed by atoms with E-state index in [9.17, 15) is 15.8 Å². The van der Waals surface area contributed by atoms with Gasteiger partial charge in [0.15, 0.2) is 10.8 Å². The standard InChI is InChI=1S/C23H20N4O2/c1-14-22(13-26)20(27)29-23(14,17-5-3-2-4-6-17)28-19(21(22,11-24)12-25)18-10-15-7-8-16(18)9-15/h2-8,14-16,18-19,27H,9-10H2,1H3. The van der Waals surface area contributed by atoms with Gasteiger partial charge in [0.2, 0.25) is 11.7 Å². The van der Waals surface area contributed by atoms with Gasteiger partial charge in [0.1, 0.15) is 0 Å². The third-order valence-corrected chi connectivity index (χ3v) is 7.61. The zero-order chi connectivity index (χ0) is 20.4. The summed E-state index contributed by atoms with van der Waals surface area (Å²) in [6, 6.07) is 15.8. The first-order valence-corrected chi connectivity index (χ1v) is 9.92. The van der Waals surface area contributed by atoms with Crippen molar-refractivity contribution in [3.05, 3.63) is 48.0 Å². The number of hydrogen-bond donors (Lipinski definition) is 1. The number of nitrogens with one attached hydrogen (secondary N) is 1. The number of ether oxygens (including phenoxy) is 2. The van der Waals surface area contributed by atoms with Gasteiger partial charge in [-0.25, -0.2) is 0 Å². The van der Waals surface area contributed by atoms with E-state index in [4.69, 9.17) is 14.9 Å². The van der Waals surface area contributed by atoms with Gasteiger partial charge >= 0.3 is 0 Å². The van der Waals surface area contributed by atoms with Crippen LogP contribution in [-0.4, -0.2) is 12.0 Å². The predicted octanol–water partition coefficient (Wildman–Crippen LogP) is 3.64. The lowest BCUT2D eigenvalue weighted by molar-refractivity contribution is -0.297. The lowest BCUT2D eigenvalue weighted by atomic mass is 9.52. The summed E-state index contributed by atoms with van der Waals surface area (Å²) in [4.78, 5) is 0. The molecule has 2 aliphatic heterocycles. The summed E-state index contributed by atoms with van der Waals surface area (Å²) < 4.78 is 12.6. The minimum atomic E-state index is -1.81. The quantitative estimate of drug-likeness (QED) is 0.782. The Hall–Kier alpha value is -3.14. The number of nitrogens with zero attached hydrogens (tertiary/aromatic N) is 3. The Balaban J connectivity index is 1.75. The Morgan fingerprint density at radius 1 is 1.03 bits per heavy atom. The zero-order valence-electron chi connectivity index (χ0n) is 16.0. The van der Waals surface area contributed by atoms with Crippen molar-refractivity contribution in [2.45, 2.75) is 31.7 Å². The second-order valence-electron chi connectivity index (χ2n) is 8.62. The van der Waals surface area contributed by atoms with E-state index in [2.05, 4.69) is 30.4 Å². The molecule has 1 aromatic rings. The van der Waals surface area contributed by atoms with Crippen molar-refractivity contribution in [1.29, 1.82) is 21.2 Å². The van der Waals surface area contributed by atoms with Crippen LogP contribution in [0.25, 0.3) is 0 Å². The van der Waals surface area contributed by atoms with Crippen molar-refractivity contribution in [2.75, 3.05) is 0 Å². The maximum atomic E-state index is 10.3. The van der Waals surface area contributed by atoms with E-state index in [1.165, 1.54) is 0 Å². The van der Waals surface area contributed by atoms with Gasteiger partial charge in [-0.15, -0.1) is 0 Å². The van der Waals surface area contributed by atoms with Gasteiger partial charge in [0.05, 0.1) is 30.2 Å². The maximum Gasteiger partial charge on any atom is 0.243 e. The summed E-state index contributed by atoms with van der Waals surface area (Å²) in [7, 11) is 0. The SMILES string of the molecule is CC1C2(c3ccccc3)OC(=N)C1(C#N)C(C#N)(C#N)C(C1CC3C=CC1C3)O2. The summed E-state index contributed by atoms with van der Waals surface area (Å²) >= 11 is 0. The fourth-order valence-corrected chi connectivity index (χ4v) is 6.14. The van der Waals surface area contributed by atoms with Gasteiger partial charge in [-0.05, 0) is 30.6 Å². The van der Waals surface area contributed by atoms with Crippen LogP contribution < -0.4 is 0 Å². The van der Waals surface area contributed by atoms with Gasteiger partial charge in [0, 0.05) is 5.56 Å². The average molecular weight is 384 g/mol. The molecule has 2 saturated heterocycles. The molecule has 0 amide bonds. The van der Waals surface area contributed by atoms with Crippen LogP contribution in [0.2, 0.25) is 0 Å². The Labute approximate surface area is 169 Å². The van der Waals surface area contributed by atoms with E-state index in [-0.39, 0.29) is 17.7 Å². The predicted molar refractivity (Wildman–Crippen MR) is 102 cm³/mol. The molecular formula is C23H20N4O2. The van der Waals surface area contributed by atoms with E-state index in [0.29, 0.717) is 11.5 Å². The van der Waals surface area contributed by atoms with Gasteiger partial charge in [-0.2, -0.15) is 15.8 Å². The maximum absolute atomic E-state index is 10.3. The molecule has 5 rings (SSSR count). The molecule has 6 heteroatoms. The van der Waals surface area contributed by atoms with E-state index in [1.54, 1.807) is 6.92 Å². The first-order chi connectivity index (χ1) is 14.0. The Bertz CT molecular complexity index is 1030. The molecule has 4 bridgehead atoms. The van der Waals surface area contributed by atoms with Crippen molar-refractivity contribution >= 4 is 5.90 Å². The van der Waals surface area contributed by atoms with Crippen molar-refractivity contribution < 1.29 is 9.47 Å². The summed E-state index contributed by atoms with van der Waals surface area (Å²) in [6.45, 7) is 1.75. The van der Waals surface area contributed by atoms with Crippen LogP contribution in [0.5, 0.6) is 0 Å². The summed E-state index contributed by atoms with van der Waals surface area (Å²) in [5, 5.41) is 39.5. The lowest BCUT2D eigenvalue weighted by Crippen LogP contribution is -2.63. The fourth-order valence-electron chi connectivity index (χ4n) is 6.14. The Morgan fingerprint density at radius 2 is 1.76 bits per heavy atom. The summed E-state index contributed by atoms with van der Waals surface area (Å²) in [5.41, 5.74) is -2.81. The highest BCUT2D eigenvalue weighted by Gasteiger charge is 2.80. The van der Waals surface area contributed by atoms with Crippen LogP contribution in [0.4, 0.5) is 0 Å². The third-order valence-electron chi connectivity index (χ3n) is 7.61. The Kier molecular flexibility index (Phi) is 3.52. The number of hydrogen-bond acceptors (Lipinski definition) is 6. The van der Waals surface area contributed by atoms with E-state index >= 15 is 0 Å². The molecule has 1 saturated carbocycles. The monoisotopic (exact) mass is 384 g/mol. The minimum Gasteiger partial charge on any atom is -0.443 e. The first-order valence-electron chi connectivity index (χ1n) is 9.92. The molecule has 7 atom stereocenters. The molecule has 1 aromatic carbocycles. The molecule has 3 fully saturated rings. The molecule has 7 unspecified atom stereocenters. The van der Waals surface area contributed by atoms with Crippen LogP contribution in [0.15, 0.2) is 42.5 Å². The highest BCUT2D eigenvalue weighted by atomic mass is 16.7. The topological polar surface area (TPSA) is 114 Å². The molecule has 2 aliphatic carbocycles. The van der Waals surface area contributed by atoms with Crippen LogP contribution in [0.3, 0.4) is 0 Å². The number of nitriles is 3. The molecule has 6 nitrogen and oxygen atoms in total. The second-order valence-corrected chi connectivity index (χ2v) is 8.62. The average Bonchev–Trinajstić information content (AvgIpc) is 3.42. The highest BCUT2D eigenvalue weighted by molar-refractivity contribution is 5.89. The van der Waals surface area contributed by atoms with Gasteiger partial charge in [-0.3, -0.25) is 5.41 Å². The summed E-state index contributed by atoms with van der Waals surface area (Å²) in [5.74, 6) is -1.85. The third kappa shape index (κ3) is 1.85. The van der Waals surface area contributed by atoms with E-state index < -0.39 is 28.6 Å². The molecule has 0 aromatic heterocycles. The number of fused-ring (bicyclic) bond motifs is 4. The molecule has 0 radical (unpaired) electrons. The largest absolute Gasteiger partial charge is 0.443 e. The van der Waals surface area contributed by atoms with E-state index in [1.807, 2.05) is 30.3 Å². The molecule has 2 heterocycles. The van der Waals surface area contributed by atoms with Gasteiger partial charge in [-0.1, -0.05) is 49.4 Å². The van der Waals surface area contributed by atoms with Gasteiger partial charge in [0.25, 0.3) is 0 Å². The van der Waals surface area contributed by atoms with Crippen LogP contribution >= 0.6 is 0 Å². The van der Waals surface area contributed by atoms with Crippen molar-refractivity contribution in [3.63, 3.8) is 0 Å². The number of allylic oxidation sites excluding steroid dienone is 2. The smallest absolute Gasteiger partial charge is 0.243 e. The van der Waals surface area contributed by atoms with Crippen LogP contribution in [0, 0.1) is 73.9 Å². The lowest BCUT2D eigenvalue weighted by Gasteiger charge is -2.51. The van der Waals surface area contributed by atoms with Crippen LogP contribution in [0.1, 0.15) is 25.3 Å². The normalized spacial score (nSPS) is 43.2. The number of rotatable bonds is 2. The highest BCUT2D eigenvalue weighted by Crippen LogP contribution is 2.68. The second kappa shape index (κ2) is 5.69. The van der Waals surface area contributed by atoms with Crippen molar-refractivity contribution in [2.24, 2.45) is 34.5 Å². The van der Waals surface area contributed by atoms with Gasteiger partial charge < -0.3 is 9.47 Å². The molecule has 4 aliphatic rings. The van der Waals surface area contributed by atoms with E-state index in [0.717, 1.165) is 12.8 Å². The van der Waals surface area contributed by atoms with Crippen LogP contribution in [-0.2, 0) is 15.3 Å². The molecule has 144 valence electrons. The molecule has 0 spiro atoms. The summed E-state index contributed by atoms with van der Waals surface area (Å²) in [6.07, 6.45) is 5.29. The molecular weight excluding hydrogens is 364 g/mol.